The number of hydrogen-bond donors (Lipinski definition) is 1. The lowest BCUT2D eigenvalue weighted by Gasteiger charge is -1.94. The Labute approximate surface area is 84.7 Å². The van der Waals surface area contributed by atoms with Crippen LogP contribution in [0.1, 0.15) is 12.0 Å². The molecule has 0 unspecified atom stereocenters. The van der Waals surface area contributed by atoms with Crippen LogP contribution in [0.4, 0.5) is 4.39 Å². The van der Waals surface area contributed by atoms with Crippen molar-refractivity contribution in [1.82, 2.24) is 0 Å². The monoisotopic (exact) mass is 242 g/mol. The normalized spacial score (nSPS) is 9.15. The molecule has 1 aromatic carbocycles. The van der Waals surface area contributed by atoms with Crippen LogP contribution in [0.5, 0.6) is 0 Å². The van der Waals surface area contributed by atoms with Crippen LogP contribution in [0.3, 0.4) is 0 Å². The summed E-state index contributed by atoms with van der Waals surface area (Å²) in [5.41, 5.74) is 0.731. The SMILES string of the molecule is OCCC#Cc1ccc(F)cc1Br. The van der Waals surface area contributed by atoms with Gasteiger partial charge < -0.3 is 5.11 Å². The third kappa shape index (κ3) is 3.17. The molecule has 0 saturated carbocycles. The molecule has 0 saturated heterocycles. The second-order valence-corrected chi connectivity index (χ2v) is 3.25. The van der Waals surface area contributed by atoms with Crippen LogP contribution in [0, 0.1) is 17.7 Å². The van der Waals surface area contributed by atoms with Crippen molar-refractivity contribution in [2.45, 2.75) is 6.42 Å². The van der Waals surface area contributed by atoms with Gasteiger partial charge in [0, 0.05) is 16.5 Å². The molecular weight excluding hydrogens is 235 g/mol. The van der Waals surface area contributed by atoms with Gasteiger partial charge in [0.15, 0.2) is 0 Å². The largest absolute Gasteiger partial charge is 0.395 e. The standard InChI is InChI=1S/C10H8BrFO/c11-10-7-9(12)5-4-8(10)3-1-2-6-13/h4-5,7,13H,2,6H2. The van der Waals surface area contributed by atoms with Gasteiger partial charge in [-0.15, -0.1) is 0 Å². The van der Waals surface area contributed by atoms with Gasteiger partial charge in [0.1, 0.15) is 5.82 Å². The highest BCUT2D eigenvalue weighted by atomic mass is 79.9. The molecule has 0 bridgehead atoms. The minimum absolute atomic E-state index is 0.0474. The van der Waals surface area contributed by atoms with Gasteiger partial charge in [-0.3, -0.25) is 0 Å². The van der Waals surface area contributed by atoms with Crippen LogP contribution in [-0.4, -0.2) is 11.7 Å². The summed E-state index contributed by atoms with van der Waals surface area (Å²) in [6, 6.07) is 4.32. The zero-order chi connectivity index (χ0) is 9.68. The second kappa shape index (κ2) is 5.00. The molecule has 1 aromatic rings. The summed E-state index contributed by atoms with van der Waals surface area (Å²) < 4.78 is 13.3. The Morgan fingerprint density at radius 2 is 2.23 bits per heavy atom. The molecule has 0 heterocycles. The summed E-state index contributed by atoms with van der Waals surface area (Å²) in [7, 11) is 0. The van der Waals surface area contributed by atoms with Gasteiger partial charge in [0.05, 0.1) is 6.61 Å². The highest BCUT2D eigenvalue weighted by Crippen LogP contribution is 2.16. The number of aliphatic hydroxyl groups is 1. The summed E-state index contributed by atoms with van der Waals surface area (Å²) >= 11 is 3.19. The molecule has 1 nitrogen and oxygen atoms in total. The van der Waals surface area contributed by atoms with Crippen molar-refractivity contribution >= 4 is 15.9 Å². The Balaban J connectivity index is 2.85. The third-order valence-corrected chi connectivity index (χ3v) is 2.05. The molecule has 0 aliphatic carbocycles. The molecule has 13 heavy (non-hydrogen) atoms. The average molecular weight is 243 g/mol. The van der Waals surface area contributed by atoms with E-state index in [-0.39, 0.29) is 12.4 Å². The maximum Gasteiger partial charge on any atom is 0.124 e. The van der Waals surface area contributed by atoms with E-state index in [4.69, 9.17) is 5.11 Å². The predicted molar refractivity (Wildman–Crippen MR) is 52.7 cm³/mol. The van der Waals surface area contributed by atoms with Gasteiger partial charge in [-0.25, -0.2) is 4.39 Å². The molecule has 1 rings (SSSR count). The fourth-order valence-electron chi connectivity index (χ4n) is 0.804. The van der Waals surface area contributed by atoms with E-state index in [0.29, 0.717) is 10.9 Å². The fourth-order valence-corrected chi connectivity index (χ4v) is 1.25. The van der Waals surface area contributed by atoms with E-state index in [9.17, 15) is 4.39 Å². The van der Waals surface area contributed by atoms with E-state index >= 15 is 0 Å². The van der Waals surface area contributed by atoms with Crippen LogP contribution in [0.15, 0.2) is 22.7 Å². The van der Waals surface area contributed by atoms with Crippen LogP contribution in [0.2, 0.25) is 0 Å². The van der Waals surface area contributed by atoms with Gasteiger partial charge in [-0.1, -0.05) is 11.8 Å². The van der Waals surface area contributed by atoms with Gasteiger partial charge in [0.25, 0.3) is 0 Å². The van der Waals surface area contributed by atoms with Crippen LogP contribution in [0.25, 0.3) is 0 Å². The van der Waals surface area contributed by atoms with Gasteiger partial charge in [-0.05, 0) is 34.1 Å². The Kier molecular flexibility index (Phi) is 3.94. The Bertz CT molecular complexity index is 352. The lowest BCUT2D eigenvalue weighted by molar-refractivity contribution is 0.305. The number of halogens is 2. The maximum absolute atomic E-state index is 12.6. The molecule has 0 aliphatic heterocycles. The molecule has 0 aliphatic rings. The van der Waals surface area contributed by atoms with Crippen molar-refractivity contribution in [2.75, 3.05) is 6.61 Å². The first-order valence-electron chi connectivity index (χ1n) is 3.79. The lowest BCUT2D eigenvalue weighted by atomic mass is 10.2. The Morgan fingerprint density at radius 1 is 1.46 bits per heavy atom. The van der Waals surface area contributed by atoms with Gasteiger partial charge >= 0.3 is 0 Å². The highest BCUT2D eigenvalue weighted by molar-refractivity contribution is 9.10. The highest BCUT2D eigenvalue weighted by Gasteiger charge is 1.96. The van der Waals surface area contributed by atoms with E-state index in [0.717, 1.165) is 5.56 Å². The number of aliphatic hydroxyl groups excluding tert-OH is 1. The van der Waals surface area contributed by atoms with E-state index in [1.165, 1.54) is 12.1 Å². The lowest BCUT2D eigenvalue weighted by Crippen LogP contribution is -1.81. The Hall–Kier alpha value is -0.850. The van der Waals surface area contributed by atoms with Gasteiger partial charge in [-0.2, -0.15) is 0 Å². The first kappa shape index (κ1) is 10.2. The topological polar surface area (TPSA) is 20.2 Å². The van der Waals surface area contributed by atoms with E-state index in [1.807, 2.05) is 0 Å². The summed E-state index contributed by atoms with van der Waals surface area (Å²) in [5.74, 6) is 5.28. The molecule has 0 aromatic heterocycles. The zero-order valence-electron chi connectivity index (χ0n) is 6.85. The smallest absolute Gasteiger partial charge is 0.124 e. The van der Waals surface area contributed by atoms with Crippen molar-refractivity contribution in [3.8, 4) is 11.8 Å². The molecular formula is C10H8BrFO. The number of benzene rings is 1. The first-order valence-corrected chi connectivity index (χ1v) is 4.58. The maximum atomic E-state index is 12.6. The summed E-state index contributed by atoms with van der Waals surface area (Å²) in [6.07, 6.45) is 0.434. The number of rotatable bonds is 1. The summed E-state index contributed by atoms with van der Waals surface area (Å²) in [4.78, 5) is 0. The predicted octanol–water partition coefficient (Wildman–Crippen LogP) is 2.32. The molecule has 1 N–H and O–H groups in total. The summed E-state index contributed by atoms with van der Waals surface area (Å²) in [5, 5.41) is 8.48. The van der Waals surface area contributed by atoms with Crippen LogP contribution < -0.4 is 0 Å². The summed E-state index contributed by atoms with van der Waals surface area (Å²) in [6.45, 7) is 0.0474. The van der Waals surface area contributed by atoms with E-state index in [2.05, 4.69) is 27.8 Å². The molecule has 0 fully saturated rings. The van der Waals surface area contributed by atoms with Crippen LogP contribution in [-0.2, 0) is 0 Å². The second-order valence-electron chi connectivity index (χ2n) is 2.40. The third-order valence-electron chi connectivity index (χ3n) is 1.39. The van der Waals surface area contributed by atoms with E-state index < -0.39 is 0 Å². The van der Waals surface area contributed by atoms with Crippen molar-refractivity contribution in [2.24, 2.45) is 0 Å². The van der Waals surface area contributed by atoms with Gasteiger partial charge in [0.2, 0.25) is 0 Å². The molecule has 68 valence electrons. The van der Waals surface area contributed by atoms with Crippen molar-refractivity contribution < 1.29 is 9.50 Å². The van der Waals surface area contributed by atoms with Crippen molar-refractivity contribution in [3.05, 3.63) is 34.1 Å². The minimum atomic E-state index is -0.292. The van der Waals surface area contributed by atoms with E-state index in [1.54, 1.807) is 6.07 Å². The molecule has 0 amide bonds. The molecule has 0 spiro atoms. The van der Waals surface area contributed by atoms with Crippen molar-refractivity contribution in [3.63, 3.8) is 0 Å². The first-order chi connectivity index (χ1) is 6.24. The molecule has 0 atom stereocenters. The number of hydrogen-bond acceptors (Lipinski definition) is 1. The zero-order valence-corrected chi connectivity index (χ0v) is 8.44. The average Bonchev–Trinajstić information content (AvgIpc) is 2.09. The Morgan fingerprint density at radius 3 is 2.85 bits per heavy atom. The fraction of sp³-hybridized carbons (Fsp3) is 0.200. The van der Waals surface area contributed by atoms with Crippen LogP contribution >= 0.6 is 15.9 Å². The molecule has 0 radical (unpaired) electrons. The molecule has 3 heteroatoms. The minimum Gasteiger partial charge on any atom is -0.395 e. The quantitative estimate of drug-likeness (QED) is 0.750. The van der Waals surface area contributed by atoms with Crippen molar-refractivity contribution in [1.29, 1.82) is 0 Å².